The molecule has 6 atom stereocenters. The van der Waals surface area contributed by atoms with Crippen molar-refractivity contribution in [3.8, 4) is 0 Å². The fourth-order valence-corrected chi connectivity index (χ4v) is 4.98. The number of halogens is 1. The van der Waals surface area contributed by atoms with Gasteiger partial charge in [-0.2, -0.15) is 0 Å². The van der Waals surface area contributed by atoms with E-state index in [2.05, 4.69) is 10.6 Å². The number of amides is 2. The number of aliphatic hydroxyl groups is 2. The van der Waals surface area contributed by atoms with Crippen LogP contribution in [0.4, 0.5) is 0 Å². The molecule has 3 rings (SSSR count). The minimum Gasteiger partial charge on any atom is -0.460 e. The fraction of sp³-hybridized carbons (Fsp3) is 0.571. The minimum absolute atomic E-state index is 0.00514. The first-order valence-electron chi connectivity index (χ1n) is 13.3. The summed E-state index contributed by atoms with van der Waals surface area (Å²) in [6.45, 7) is 6.03. The second-order valence-corrected chi connectivity index (χ2v) is 12.1. The summed E-state index contributed by atoms with van der Waals surface area (Å²) < 4.78 is 22.9. The summed E-state index contributed by atoms with van der Waals surface area (Å²) in [6.07, 6.45) is -1.79. The van der Waals surface area contributed by atoms with E-state index in [-0.39, 0.29) is 31.6 Å². The van der Waals surface area contributed by atoms with Crippen molar-refractivity contribution in [1.82, 2.24) is 10.6 Å². The van der Waals surface area contributed by atoms with Crippen molar-refractivity contribution >= 4 is 46.3 Å². The minimum atomic E-state index is -1.37. The molecule has 2 amide bonds. The van der Waals surface area contributed by atoms with Crippen molar-refractivity contribution in [2.45, 2.75) is 89.1 Å². The van der Waals surface area contributed by atoms with E-state index in [0.29, 0.717) is 9.13 Å². The van der Waals surface area contributed by atoms with Gasteiger partial charge in [0, 0.05) is 22.0 Å². The Bertz CT molecular complexity index is 1150. The Kier molecular flexibility index (Phi) is 11.7. The number of carbonyl (C=O) groups is 4. The zero-order chi connectivity index (χ0) is 30.3. The molecule has 1 aromatic carbocycles. The fourth-order valence-electron chi connectivity index (χ4n) is 4.38. The quantitative estimate of drug-likeness (QED) is 0.197. The molecule has 0 saturated carbocycles. The van der Waals surface area contributed by atoms with Crippen molar-refractivity contribution in [1.29, 1.82) is 0 Å². The van der Waals surface area contributed by atoms with Crippen LogP contribution >= 0.6 is 22.6 Å². The summed E-state index contributed by atoms with van der Waals surface area (Å²) in [5.41, 5.74) is -0.1000. The lowest BCUT2D eigenvalue weighted by molar-refractivity contribution is -0.155. The number of nitrogens with one attached hydrogen (secondary N) is 2. The van der Waals surface area contributed by atoms with Crippen molar-refractivity contribution in [2.24, 2.45) is 0 Å². The number of hydrogen-bond acceptors (Lipinski definition) is 10. The smallest absolute Gasteiger partial charge is 0.339 e. The normalized spacial score (nSPS) is 22.4. The third kappa shape index (κ3) is 9.46. The average molecular weight is 689 g/mol. The SMILES string of the molecule is C[C@H](O)[C@@H](NC(=O)C1=C[C@H]2OCO[C@H]2[C@H](OC(=O)c2ccccc2I)C1)C(=O)N[C@H](CO)CCC(=O)OC(C)(C)C. The van der Waals surface area contributed by atoms with Crippen LogP contribution in [-0.2, 0) is 33.3 Å². The third-order valence-corrected chi connectivity index (χ3v) is 7.32. The maximum atomic E-state index is 13.2. The van der Waals surface area contributed by atoms with Gasteiger partial charge >= 0.3 is 11.9 Å². The van der Waals surface area contributed by atoms with Gasteiger partial charge in [0.25, 0.3) is 0 Å². The zero-order valence-electron chi connectivity index (χ0n) is 23.4. The van der Waals surface area contributed by atoms with E-state index >= 15 is 0 Å². The van der Waals surface area contributed by atoms with E-state index < -0.39 is 72.5 Å². The van der Waals surface area contributed by atoms with Crippen LogP contribution in [-0.4, -0.2) is 89.5 Å². The van der Waals surface area contributed by atoms with Crippen LogP contribution < -0.4 is 10.6 Å². The molecule has 1 aromatic rings. The topological polar surface area (TPSA) is 170 Å². The van der Waals surface area contributed by atoms with E-state index in [0.717, 1.165) is 0 Å². The molecular weight excluding hydrogens is 651 g/mol. The molecule has 4 N–H and O–H groups in total. The Labute approximate surface area is 252 Å². The van der Waals surface area contributed by atoms with Crippen molar-refractivity contribution < 1.29 is 48.3 Å². The van der Waals surface area contributed by atoms with Crippen LogP contribution in [0, 0.1) is 3.57 Å². The summed E-state index contributed by atoms with van der Waals surface area (Å²) in [4.78, 5) is 51.1. The molecule has 0 spiro atoms. The largest absolute Gasteiger partial charge is 0.460 e. The van der Waals surface area contributed by atoms with Crippen LogP contribution in [0.25, 0.3) is 0 Å². The maximum Gasteiger partial charge on any atom is 0.339 e. The van der Waals surface area contributed by atoms with Gasteiger partial charge in [0.05, 0.1) is 24.3 Å². The number of ether oxygens (including phenoxy) is 4. The predicted octanol–water partition coefficient (Wildman–Crippen LogP) is 1.35. The molecule has 0 aromatic heterocycles. The van der Waals surface area contributed by atoms with Gasteiger partial charge in [-0.15, -0.1) is 0 Å². The van der Waals surface area contributed by atoms with Crippen LogP contribution in [0.5, 0.6) is 0 Å². The number of esters is 2. The Morgan fingerprint density at radius 3 is 2.49 bits per heavy atom. The Hall–Kier alpha value is -2.59. The lowest BCUT2D eigenvalue weighted by Crippen LogP contribution is -2.55. The average Bonchev–Trinajstić information content (AvgIpc) is 3.37. The highest BCUT2D eigenvalue weighted by Gasteiger charge is 2.43. The van der Waals surface area contributed by atoms with Gasteiger partial charge in [-0.3, -0.25) is 14.4 Å². The molecule has 0 bridgehead atoms. The summed E-state index contributed by atoms with van der Waals surface area (Å²) in [5, 5.41) is 25.1. The highest BCUT2D eigenvalue weighted by atomic mass is 127. The van der Waals surface area contributed by atoms with Crippen LogP contribution in [0.15, 0.2) is 35.9 Å². The number of rotatable bonds is 11. The summed E-state index contributed by atoms with van der Waals surface area (Å²) in [7, 11) is 0. The number of hydrogen-bond donors (Lipinski definition) is 4. The number of aliphatic hydroxyl groups excluding tert-OH is 2. The molecule has 13 heteroatoms. The predicted molar refractivity (Wildman–Crippen MR) is 153 cm³/mol. The molecule has 0 radical (unpaired) electrons. The standard InChI is InChI=1S/C28H37IN2O10/c1-15(33)23(26(36)30-17(13-32)9-10-22(34)41-28(2,3)4)31-25(35)16-11-20-24(39-14-38-20)21(12-16)40-27(37)18-7-5-6-8-19(18)29/h5-8,11,15,17,20-21,23-24,32-33H,9-10,12-14H2,1-4H3,(H,30,36)(H,31,35)/t15-,17-,20+,21+,23+,24+/m0/s1. The van der Waals surface area contributed by atoms with E-state index in [1.165, 1.54) is 6.92 Å². The number of carbonyl (C=O) groups excluding carboxylic acids is 4. The van der Waals surface area contributed by atoms with Gasteiger partial charge in [-0.1, -0.05) is 12.1 Å². The Morgan fingerprint density at radius 2 is 1.85 bits per heavy atom. The van der Waals surface area contributed by atoms with Gasteiger partial charge in [0.15, 0.2) is 0 Å². The van der Waals surface area contributed by atoms with E-state index in [1.54, 1.807) is 51.1 Å². The highest BCUT2D eigenvalue weighted by molar-refractivity contribution is 14.1. The molecule has 2 aliphatic rings. The lowest BCUT2D eigenvalue weighted by atomic mass is 9.91. The molecule has 1 aliphatic carbocycles. The second kappa shape index (κ2) is 14.5. The van der Waals surface area contributed by atoms with Gasteiger partial charge < -0.3 is 39.8 Å². The molecular formula is C28H37IN2O10. The number of benzene rings is 1. The first-order valence-corrected chi connectivity index (χ1v) is 14.4. The third-order valence-electron chi connectivity index (χ3n) is 6.38. The van der Waals surface area contributed by atoms with Gasteiger partial charge in [0.2, 0.25) is 11.8 Å². The molecule has 1 heterocycles. The first kappa shape index (κ1) is 32.9. The second-order valence-electron chi connectivity index (χ2n) is 10.9. The Balaban J connectivity index is 1.65. The molecule has 12 nitrogen and oxygen atoms in total. The molecule has 1 aliphatic heterocycles. The summed E-state index contributed by atoms with van der Waals surface area (Å²) in [6, 6.07) is 4.75. The zero-order valence-corrected chi connectivity index (χ0v) is 25.6. The molecule has 226 valence electrons. The van der Waals surface area contributed by atoms with E-state index in [4.69, 9.17) is 18.9 Å². The maximum absolute atomic E-state index is 13.2. The van der Waals surface area contributed by atoms with Crippen LogP contribution in [0.2, 0.25) is 0 Å². The number of fused-ring (bicyclic) bond motifs is 1. The van der Waals surface area contributed by atoms with Crippen LogP contribution in [0.1, 0.15) is 57.3 Å². The van der Waals surface area contributed by atoms with E-state index in [9.17, 15) is 29.4 Å². The Morgan fingerprint density at radius 1 is 1.15 bits per heavy atom. The van der Waals surface area contributed by atoms with Crippen molar-refractivity contribution in [2.75, 3.05) is 13.4 Å². The van der Waals surface area contributed by atoms with Gasteiger partial charge in [-0.05, 0) is 74.9 Å². The summed E-state index contributed by atoms with van der Waals surface area (Å²) >= 11 is 2.03. The van der Waals surface area contributed by atoms with Crippen molar-refractivity contribution in [3.05, 3.63) is 45.0 Å². The van der Waals surface area contributed by atoms with Gasteiger partial charge in [0.1, 0.15) is 36.7 Å². The van der Waals surface area contributed by atoms with Crippen LogP contribution in [0.3, 0.4) is 0 Å². The molecule has 1 fully saturated rings. The monoisotopic (exact) mass is 688 g/mol. The summed E-state index contributed by atoms with van der Waals surface area (Å²) in [5.74, 6) is -2.46. The first-order chi connectivity index (χ1) is 19.3. The molecule has 1 saturated heterocycles. The molecule has 41 heavy (non-hydrogen) atoms. The van der Waals surface area contributed by atoms with Gasteiger partial charge in [-0.25, -0.2) is 4.79 Å². The van der Waals surface area contributed by atoms with E-state index in [1.807, 2.05) is 22.6 Å². The highest BCUT2D eigenvalue weighted by Crippen LogP contribution is 2.31. The molecule has 0 unspecified atom stereocenters. The van der Waals surface area contributed by atoms with Crippen molar-refractivity contribution in [3.63, 3.8) is 0 Å². The lowest BCUT2D eigenvalue weighted by Gasteiger charge is -2.31.